The van der Waals surface area contributed by atoms with Gasteiger partial charge in [0.05, 0.1) is 28.9 Å². The number of amides is 1. The van der Waals surface area contributed by atoms with Gasteiger partial charge in [0.15, 0.2) is 0 Å². The molecule has 1 N–H and O–H groups in total. The summed E-state index contributed by atoms with van der Waals surface area (Å²) in [7, 11) is 0. The van der Waals surface area contributed by atoms with E-state index in [1.807, 2.05) is 6.07 Å². The molecule has 0 radical (unpaired) electrons. The van der Waals surface area contributed by atoms with Crippen LogP contribution in [0, 0.1) is 17.1 Å². The van der Waals surface area contributed by atoms with Crippen molar-refractivity contribution >= 4 is 17.0 Å². The van der Waals surface area contributed by atoms with Crippen molar-refractivity contribution in [2.75, 3.05) is 0 Å². The summed E-state index contributed by atoms with van der Waals surface area (Å²) in [5.74, 6) is -0.592. The number of carboxylic acid groups (broad SMARTS) is 1. The molecule has 3 aromatic rings. The zero-order valence-corrected chi connectivity index (χ0v) is 17.0. The summed E-state index contributed by atoms with van der Waals surface area (Å²) in [6, 6.07) is 11.5. The third-order valence-corrected chi connectivity index (χ3v) is 4.80. The molecule has 0 aliphatic heterocycles. The summed E-state index contributed by atoms with van der Waals surface area (Å²) in [6.07, 6.45) is -1.18. The number of halogens is 1. The Morgan fingerprint density at radius 3 is 2.53 bits per heavy atom. The Labute approximate surface area is 172 Å². The fraction of sp³-hybridized carbons (Fsp3) is 0.273. The van der Waals surface area contributed by atoms with E-state index in [4.69, 9.17) is 0 Å². The van der Waals surface area contributed by atoms with E-state index < -0.39 is 29.1 Å². The first-order valence-corrected chi connectivity index (χ1v) is 9.30. The van der Waals surface area contributed by atoms with Crippen LogP contribution in [0.5, 0.6) is 0 Å². The summed E-state index contributed by atoms with van der Waals surface area (Å²) in [4.78, 5) is 31.0. The third kappa shape index (κ3) is 3.62. The number of hydrogen-bond donors (Lipinski definition) is 1. The summed E-state index contributed by atoms with van der Waals surface area (Å²) in [5.41, 5.74) is -0.724. The first-order valence-electron chi connectivity index (χ1n) is 9.30. The van der Waals surface area contributed by atoms with Crippen LogP contribution in [0.15, 0.2) is 47.3 Å². The number of nitrogens with zero attached hydrogens (tertiary/aromatic N) is 4. The number of fused-ring (bicyclic) bond motifs is 1. The first kappa shape index (κ1) is 21.0. The Balaban J connectivity index is 2.42. The van der Waals surface area contributed by atoms with Gasteiger partial charge in [0.2, 0.25) is 0 Å². The molecule has 2 aromatic carbocycles. The number of carbonyl (C=O) groups is 1. The Hall–Kier alpha value is -3.73. The zero-order valence-electron chi connectivity index (χ0n) is 17.0. The second kappa shape index (κ2) is 7.59. The highest BCUT2D eigenvalue weighted by molar-refractivity contribution is 5.79. The zero-order chi connectivity index (χ0) is 22.2. The molecule has 1 atom stereocenters. The molecule has 0 aliphatic carbocycles. The van der Waals surface area contributed by atoms with Crippen LogP contribution in [0.2, 0.25) is 0 Å². The maximum atomic E-state index is 14.5. The molecule has 30 heavy (non-hydrogen) atoms. The lowest BCUT2D eigenvalue weighted by Gasteiger charge is -2.38. The van der Waals surface area contributed by atoms with Crippen molar-refractivity contribution < 1.29 is 14.3 Å². The van der Waals surface area contributed by atoms with E-state index in [1.165, 1.54) is 33.7 Å². The van der Waals surface area contributed by atoms with Crippen molar-refractivity contribution in [2.45, 2.75) is 39.3 Å². The standard InChI is InChI=1S/C22H21FN4O3/c1-13(27(21(29)30)22(2,3)4)19-25-17-10-6-9-16(23)18(17)20(28)26(19)15-8-5-7-14(11-15)12-24/h5-11,13H,1-4H3,(H,29,30)/t13-/m0/s1. The second-order valence-electron chi connectivity index (χ2n) is 7.91. The van der Waals surface area contributed by atoms with Gasteiger partial charge in [-0.3, -0.25) is 14.3 Å². The van der Waals surface area contributed by atoms with Crippen molar-refractivity contribution in [3.05, 3.63) is 70.0 Å². The lowest BCUT2D eigenvalue weighted by atomic mass is 10.0. The minimum atomic E-state index is -1.18. The molecule has 0 fully saturated rings. The number of benzene rings is 2. The van der Waals surface area contributed by atoms with Gasteiger partial charge in [-0.05, 0) is 58.0 Å². The molecule has 0 saturated heterocycles. The van der Waals surface area contributed by atoms with Crippen LogP contribution in [-0.2, 0) is 0 Å². The molecule has 1 heterocycles. The normalized spacial score (nSPS) is 12.4. The second-order valence-corrected chi connectivity index (χ2v) is 7.91. The molecule has 0 spiro atoms. The third-order valence-electron chi connectivity index (χ3n) is 4.80. The Kier molecular flexibility index (Phi) is 5.31. The molecule has 1 amide bonds. The molecule has 1 aromatic heterocycles. The fourth-order valence-electron chi connectivity index (χ4n) is 3.60. The molecule has 8 heteroatoms. The summed E-state index contributed by atoms with van der Waals surface area (Å²) in [6.45, 7) is 6.82. The van der Waals surface area contributed by atoms with Crippen LogP contribution in [0.25, 0.3) is 16.6 Å². The van der Waals surface area contributed by atoms with Gasteiger partial charge in [0.25, 0.3) is 5.56 Å². The molecule has 154 valence electrons. The number of aromatic nitrogens is 2. The Bertz CT molecular complexity index is 1240. The largest absolute Gasteiger partial charge is 0.465 e. The highest BCUT2D eigenvalue weighted by Gasteiger charge is 2.34. The van der Waals surface area contributed by atoms with Crippen LogP contribution in [0.4, 0.5) is 9.18 Å². The predicted octanol–water partition coefficient (Wildman–Crippen LogP) is 4.24. The quantitative estimate of drug-likeness (QED) is 0.699. The van der Waals surface area contributed by atoms with Crippen LogP contribution >= 0.6 is 0 Å². The van der Waals surface area contributed by atoms with Crippen LogP contribution < -0.4 is 5.56 Å². The van der Waals surface area contributed by atoms with Crippen LogP contribution in [0.3, 0.4) is 0 Å². The maximum Gasteiger partial charge on any atom is 0.408 e. The minimum Gasteiger partial charge on any atom is -0.465 e. The maximum absolute atomic E-state index is 14.5. The smallest absolute Gasteiger partial charge is 0.408 e. The summed E-state index contributed by atoms with van der Waals surface area (Å²) in [5, 5.41) is 18.9. The van der Waals surface area contributed by atoms with Crippen molar-refractivity contribution in [2.24, 2.45) is 0 Å². The van der Waals surface area contributed by atoms with E-state index in [0.29, 0.717) is 11.3 Å². The van der Waals surface area contributed by atoms with Crippen molar-refractivity contribution in [3.8, 4) is 11.8 Å². The summed E-state index contributed by atoms with van der Waals surface area (Å²) < 4.78 is 15.7. The number of nitriles is 1. The van der Waals surface area contributed by atoms with Gasteiger partial charge in [-0.2, -0.15) is 5.26 Å². The topological polar surface area (TPSA) is 99.2 Å². The lowest BCUT2D eigenvalue weighted by molar-refractivity contribution is 0.0719. The summed E-state index contributed by atoms with van der Waals surface area (Å²) >= 11 is 0. The van der Waals surface area contributed by atoms with Gasteiger partial charge in [0, 0.05) is 5.54 Å². The number of rotatable bonds is 3. The van der Waals surface area contributed by atoms with E-state index in [0.717, 1.165) is 0 Å². The van der Waals surface area contributed by atoms with E-state index in [9.17, 15) is 24.3 Å². The molecule has 0 saturated carbocycles. The van der Waals surface area contributed by atoms with E-state index in [2.05, 4.69) is 4.98 Å². The van der Waals surface area contributed by atoms with Gasteiger partial charge < -0.3 is 5.11 Å². The lowest BCUT2D eigenvalue weighted by Crippen LogP contribution is -2.47. The van der Waals surface area contributed by atoms with E-state index in [1.54, 1.807) is 45.9 Å². The number of hydrogen-bond acceptors (Lipinski definition) is 4. The first-order chi connectivity index (χ1) is 14.1. The van der Waals surface area contributed by atoms with Gasteiger partial charge in [-0.1, -0.05) is 12.1 Å². The molecule has 0 unspecified atom stereocenters. The molecule has 0 bridgehead atoms. The van der Waals surface area contributed by atoms with Crippen LogP contribution in [-0.4, -0.2) is 31.2 Å². The average Bonchev–Trinajstić information content (AvgIpc) is 2.66. The average molecular weight is 408 g/mol. The van der Waals surface area contributed by atoms with Gasteiger partial charge in [-0.25, -0.2) is 14.2 Å². The Morgan fingerprint density at radius 2 is 1.93 bits per heavy atom. The van der Waals surface area contributed by atoms with Crippen molar-refractivity contribution in [3.63, 3.8) is 0 Å². The van der Waals surface area contributed by atoms with E-state index >= 15 is 0 Å². The van der Waals surface area contributed by atoms with Gasteiger partial charge >= 0.3 is 6.09 Å². The molecular formula is C22H21FN4O3. The minimum absolute atomic E-state index is 0.130. The highest BCUT2D eigenvalue weighted by Crippen LogP contribution is 2.29. The highest BCUT2D eigenvalue weighted by atomic mass is 19.1. The fourth-order valence-corrected chi connectivity index (χ4v) is 3.60. The molecule has 3 rings (SSSR count). The van der Waals surface area contributed by atoms with E-state index in [-0.39, 0.29) is 16.7 Å². The van der Waals surface area contributed by atoms with Crippen molar-refractivity contribution in [1.29, 1.82) is 5.26 Å². The van der Waals surface area contributed by atoms with Gasteiger partial charge in [0.1, 0.15) is 17.0 Å². The Morgan fingerprint density at radius 1 is 1.27 bits per heavy atom. The molecule has 7 nitrogen and oxygen atoms in total. The predicted molar refractivity (Wildman–Crippen MR) is 110 cm³/mol. The monoisotopic (exact) mass is 408 g/mol. The van der Waals surface area contributed by atoms with Gasteiger partial charge in [-0.15, -0.1) is 0 Å². The van der Waals surface area contributed by atoms with Crippen LogP contribution in [0.1, 0.15) is 45.1 Å². The SMILES string of the molecule is C[C@@H](c1nc2cccc(F)c2c(=O)n1-c1cccc(C#N)c1)N(C(=O)O)C(C)(C)C. The molecular weight excluding hydrogens is 387 g/mol. The van der Waals surface area contributed by atoms with Crippen molar-refractivity contribution in [1.82, 2.24) is 14.5 Å². The molecule has 0 aliphatic rings.